The van der Waals surface area contributed by atoms with Crippen LogP contribution < -0.4 is 11.1 Å². The first-order valence-electron chi connectivity index (χ1n) is 18.7. The van der Waals surface area contributed by atoms with Crippen molar-refractivity contribution in [3.63, 3.8) is 0 Å². The summed E-state index contributed by atoms with van der Waals surface area (Å²) < 4.78 is 10.9. The highest BCUT2D eigenvalue weighted by Crippen LogP contribution is 2.23. The molecule has 0 unspecified atom stereocenters. The summed E-state index contributed by atoms with van der Waals surface area (Å²) in [6, 6.07) is 8.59. The van der Waals surface area contributed by atoms with Crippen LogP contribution in [0.2, 0.25) is 0 Å². The number of ether oxygens (including phenoxy) is 2. The summed E-state index contributed by atoms with van der Waals surface area (Å²) in [4.78, 5) is 52.1. The van der Waals surface area contributed by atoms with Crippen molar-refractivity contribution in [2.75, 3.05) is 24.3 Å². The molecule has 2 aromatic carbocycles. The maximum absolute atomic E-state index is 13.4. The van der Waals surface area contributed by atoms with Gasteiger partial charge in [0.25, 0.3) is 5.91 Å². The second-order valence-corrected chi connectivity index (χ2v) is 13.0. The van der Waals surface area contributed by atoms with Gasteiger partial charge in [0.1, 0.15) is 0 Å². The van der Waals surface area contributed by atoms with Crippen LogP contribution in [-0.2, 0) is 9.47 Å². The molecule has 4 N–H and O–H groups in total. The van der Waals surface area contributed by atoms with Gasteiger partial charge in [0.15, 0.2) is 0 Å². The van der Waals surface area contributed by atoms with Crippen LogP contribution in [-0.4, -0.2) is 42.1 Å². The molecule has 0 spiro atoms. The largest absolute Gasteiger partial charge is 0.478 e. The molecule has 0 aliphatic heterocycles. The second-order valence-electron chi connectivity index (χ2n) is 13.0. The highest BCUT2D eigenvalue weighted by atomic mass is 16.5. The number of benzene rings is 2. The van der Waals surface area contributed by atoms with Gasteiger partial charge in [0.2, 0.25) is 0 Å². The third kappa shape index (κ3) is 16.9. The van der Waals surface area contributed by atoms with E-state index in [0.717, 1.165) is 50.7 Å². The van der Waals surface area contributed by atoms with Crippen LogP contribution in [0.4, 0.5) is 11.4 Å². The van der Waals surface area contributed by atoms with Crippen molar-refractivity contribution >= 4 is 35.2 Å². The Balaban J connectivity index is 2.04. The number of carboxylic acid groups (broad SMARTS) is 1. The van der Waals surface area contributed by atoms with Gasteiger partial charge in [-0.1, -0.05) is 129 Å². The Morgan fingerprint density at radius 1 is 0.551 bits per heavy atom. The van der Waals surface area contributed by atoms with Crippen molar-refractivity contribution in [1.29, 1.82) is 0 Å². The Bertz CT molecular complexity index is 1280. The Kier molecular flexibility index (Phi) is 21.2. The van der Waals surface area contributed by atoms with E-state index in [2.05, 4.69) is 19.2 Å². The van der Waals surface area contributed by atoms with Crippen molar-refractivity contribution in [1.82, 2.24) is 0 Å². The van der Waals surface area contributed by atoms with Crippen molar-refractivity contribution in [3.8, 4) is 0 Å². The predicted octanol–water partition coefficient (Wildman–Crippen LogP) is 10.4. The molecule has 0 saturated carbocycles. The Morgan fingerprint density at radius 2 is 0.918 bits per heavy atom. The lowest BCUT2D eigenvalue weighted by atomic mass is 9.97. The standard InChI is InChI=1S/C40H60N2O7/c1-3-5-7-9-11-13-15-17-19-21-27-48-39(46)35-30-34(38(44)45)36(29-33(35)37(43)42-32-25-23-31(41)24-26-32)40(47)49-28-22-20-18-16-14-12-10-8-6-4-2/h23-26,29-30H,3-22,27-28,41H2,1-2H3,(H,42,43)(H,44,45). The summed E-state index contributed by atoms with van der Waals surface area (Å²) in [5, 5.41) is 12.7. The van der Waals surface area contributed by atoms with E-state index in [1.807, 2.05) is 0 Å². The second kappa shape index (κ2) is 25.1. The van der Waals surface area contributed by atoms with Gasteiger partial charge in [-0.25, -0.2) is 14.4 Å². The molecule has 2 aromatic rings. The lowest BCUT2D eigenvalue weighted by molar-refractivity contribution is 0.0476. The van der Waals surface area contributed by atoms with E-state index < -0.39 is 29.4 Å². The molecule has 9 nitrogen and oxygen atoms in total. The van der Waals surface area contributed by atoms with Crippen LogP contribution in [0, 0.1) is 0 Å². The number of anilines is 2. The molecular formula is C40H60N2O7. The van der Waals surface area contributed by atoms with Gasteiger partial charge in [0.05, 0.1) is 35.5 Å². The lowest BCUT2D eigenvalue weighted by Gasteiger charge is -2.14. The van der Waals surface area contributed by atoms with Gasteiger partial charge in [-0.15, -0.1) is 0 Å². The summed E-state index contributed by atoms with van der Waals surface area (Å²) in [5.74, 6) is -3.80. The van der Waals surface area contributed by atoms with Crippen molar-refractivity contribution in [2.24, 2.45) is 0 Å². The van der Waals surface area contributed by atoms with E-state index in [1.165, 1.54) is 77.0 Å². The Hall–Kier alpha value is -3.88. The van der Waals surface area contributed by atoms with E-state index in [4.69, 9.17) is 15.2 Å². The molecule has 1 amide bonds. The zero-order chi connectivity index (χ0) is 35.7. The molecule has 49 heavy (non-hydrogen) atoms. The van der Waals surface area contributed by atoms with Crippen LogP contribution in [0.1, 0.15) is 184 Å². The smallest absolute Gasteiger partial charge is 0.339 e. The SMILES string of the molecule is CCCCCCCCCCCCOC(=O)c1cc(C(=O)Nc2ccc(N)cc2)c(C(=O)OCCCCCCCCCCCC)cc1C(=O)O. The minimum absolute atomic E-state index is 0.129. The molecule has 9 heteroatoms. The first-order chi connectivity index (χ1) is 23.8. The number of hydrogen-bond acceptors (Lipinski definition) is 7. The monoisotopic (exact) mass is 680 g/mol. The molecule has 0 bridgehead atoms. The quantitative estimate of drug-likeness (QED) is 0.0480. The summed E-state index contributed by atoms with van der Waals surface area (Å²) >= 11 is 0. The number of nitrogen functional groups attached to an aromatic ring is 1. The zero-order valence-corrected chi connectivity index (χ0v) is 30.0. The first kappa shape index (κ1) is 41.3. The van der Waals surface area contributed by atoms with E-state index in [1.54, 1.807) is 24.3 Å². The molecular weight excluding hydrogens is 620 g/mol. The molecule has 0 aliphatic rings. The topological polar surface area (TPSA) is 145 Å². The van der Waals surface area contributed by atoms with Gasteiger partial charge in [-0.2, -0.15) is 0 Å². The predicted molar refractivity (Wildman–Crippen MR) is 196 cm³/mol. The van der Waals surface area contributed by atoms with Crippen LogP contribution in [0.3, 0.4) is 0 Å². The number of unbranched alkanes of at least 4 members (excludes halogenated alkanes) is 18. The van der Waals surface area contributed by atoms with Gasteiger partial charge in [-0.05, 0) is 49.2 Å². The maximum atomic E-state index is 13.4. The van der Waals surface area contributed by atoms with Crippen molar-refractivity contribution in [2.45, 2.75) is 142 Å². The van der Waals surface area contributed by atoms with Gasteiger partial charge >= 0.3 is 17.9 Å². The molecule has 0 heterocycles. The fourth-order valence-electron chi connectivity index (χ4n) is 5.73. The Morgan fingerprint density at radius 3 is 1.33 bits per heavy atom. The Labute approximate surface area is 293 Å². The van der Waals surface area contributed by atoms with Crippen molar-refractivity contribution in [3.05, 3.63) is 58.7 Å². The number of carboxylic acids is 1. The normalized spacial score (nSPS) is 10.9. The van der Waals surface area contributed by atoms with Gasteiger partial charge in [-0.3, -0.25) is 4.79 Å². The average molecular weight is 681 g/mol. The minimum Gasteiger partial charge on any atom is -0.478 e. The van der Waals surface area contributed by atoms with Crippen LogP contribution in [0.25, 0.3) is 0 Å². The lowest BCUT2D eigenvalue weighted by Crippen LogP contribution is -2.22. The molecule has 0 aliphatic carbocycles. The van der Waals surface area contributed by atoms with Crippen LogP contribution >= 0.6 is 0 Å². The average Bonchev–Trinajstić information content (AvgIpc) is 3.09. The molecule has 0 saturated heterocycles. The summed E-state index contributed by atoms with van der Waals surface area (Å²) in [6.07, 6.45) is 22.5. The van der Waals surface area contributed by atoms with Crippen molar-refractivity contribution < 1.29 is 33.8 Å². The summed E-state index contributed by atoms with van der Waals surface area (Å²) in [5.41, 5.74) is 5.55. The number of amides is 1. The molecule has 2 rings (SSSR count). The third-order valence-corrected chi connectivity index (χ3v) is 8.70. The summed E-state index contributed by atoms with van der Waals surface area (Å²) in [6.45, 7) is 4.69. The van der Waals surface area contributed by atoms with E-state index in [9.17, 15) is 24.3 Å². The fraction of sp³-hybridized carbons (Fsp3) is 0.600. The van der Waals surface area contributed by atoms with E-state index in [-0.39, 0.29) is 29.9 Å². The highest BCUT2D eigenvalue weighted by molar-refractivity contribution is 6.14. The maximum Gasteiger partial charge on any atom is 0.339 e. The number of carbonyl (C=O) groups excluding carboxylic acids is 3. The third-order valence-electron chi connectivity index (χ3n) is 8.70. The molecule has 272 valence electrons. The van der Waals surface area contributed by atoms with Gasteiger partial charge in [0, 0.05) is 11.4 Å². The molecule has 0 fully saturated rings. The highest BCUT2D eigenvalue weighted by Gasteiger charge is 2.27. The van der Waals surface area contributed by atoms with E-state index in [0.29, 0.717) is 24.2 Å². The van der Waals surface area contributed by atoms with Crippen LogP contribution in [0.15, 0.2) is 36.4 Å². The number of carbonyl (C=O) groups is 4. The number of esters is 2. The number of aromatic carboxylic acids is 1. The first-order valence-corrected chi connectivity index (χ1v) is 18.7. The molecule has 0 radical (unpaired) electrons. The number of nitrogens with two attached hydrogens (primary N) is 1. The summed E-state index contributed by atoms with van der Waals surface area (Å²) in [7, 11) is 0. The molecule has 0 aromatic heterocycles. The van der Waals surface area contributed by atoms with Gasteiger partial charge < -0.3 is 25.6 Å². The number of hydrogen-bond donors (Lipinski definition) is 3. The van der Waals surface area contributed by atoms with Crippen LogP contribution in [0.5, 0.6) is 0 Å². The zero-order valence-electron chi connectivity index (χ0n) is 30.0. The number of rotatable bonds is 27. The number of nitrogens with one attached hydrogen (secondary N) is 1. The fourth-order valence-corrected chi connectivity index (χ4v) is 5.73. The molecule has 0 atom stereocenters. The minimum atomic E-state index is -1.42. The van der Waals surface area contributed by atoms with E-state index >= 15 is 0 Å².